The molecule has 0 aliphatic rings. The molecule has 0 saturated carbocycles. The molecular formula is C51H94NO8P. The van der Waals surface area contributed by atoms with Crippen molar-refractivity contribution in [1.82, 2.24) is 0 Å². The Kier molecular flexibility index (Phi) is 41.8. The second-order valence-corrected chi connectivity index (χ2v) is 19.2. The summed E-state index contributed by atoms with van der Waals surface area (Å²) in [6.07, 6.45) is 51.6. The average Bonchev–Trinajstić information content (AvgIpc) is 3.21. The van der Waals surface area contributed by atoms with Gasteiger partial charge in [0, 0.05) is 12.8 Å². The molecule has 0 fully saturated rings. The van der Waals surface area contributed by atoms with Gasteiger partial charge in [0.1, 0.15) is 19.8 Å². The number of hydrogen-bond donors (Lipinski definition) is 0. The number of hydrogen-bond acceptors (Lipinski definition) is 8. The van der Waals surface area contributed by atoms with Crippen molar-refractivity contribution in [3.8, 4) is 0 Å². The molecule has 0 saturated heterocycles. The molecule has 0 N–H and O–H groups in total. The molecule has 9 nitrogen and oxygen atoms in total. The Morgan fingerprint density at radius 3 is 1.46 bits per heavy atom. The third kappa shape index (κ3) is 47.3. The molecule has 0 aromatic carbocycles. The van der Waals surface area contributed by atoms with Crippen LogP contribution in [0.2, 0.25) is 0 Å². The maximum absolute atomic E-state index is 12.7. The number of quaternary nitrogens is 1. The van der Waals surface area contributed by atoms with Gasteiger partial charge in [-0.05, 0) is 70.6 Å². The quantitative estimate of drug-likeness (QED) is 0.0195. The fourth-order valence-corrected chi connectivity index (χ4v) is 7.36. The predicted molar refractivity (Wildman–Crippen MR) is 254 cm³/mol. The van der Waals surface area contributed by atoms with Crippen molar-refractivity contribution in [1.29, 1.82) is 0 Å². The van der Waals surface area contributed by atoms with E-state index in [2.05, 4.69) is 62.5 Å². The number of phosphoric acid groups is 1. The fourth-order valence-electron chi connectivity index (χ4n) is 6.63. The summed E-state index contributed by atoms with van der Waals surface area (Å²) in [7, 11) is 1.13. The number of allylic oxidation sites excluding steroid dienone is 8. The highest BCUT2D eigenvalue weighted by atomic mass is 31.2. The van der Waals surface area contributed by atoms with Crippen LogP contribution in [0.25, 0.3) is 0 Å². The molecule has 356 valence electrons. The van der Waals surface area contributed by atoms with E-state index in [-0.39, 0.29) is 26.1 Å². The van der Waals surface area contributed by atoms with E-state index in [4.69, 9.17) is 18.5 Å². The lowest BCUT2D eigenvalue weighted by molar-refractivity contribution is -0.870. The van der Waals surface area contributed by atoms with Gasteiger partial charge in [-0.3, -0.25) is 14.2 Å². The van der Waals surface area contributed by atoms with E-state index in [0.29, 0.717) is 23.9 Å². The summed E-state index contributed by atoms with van der Waals surface area (Å²) >= 11 is 0. The number of nitrogens with zero attached hydrogens (tertiary/aromatic N) is 1. The fraction of sp³-hybridized carbons (Fsp3) is 0.804. The molecule has 1 unspecified atom stereocenters. The largest absolute Gasteiger partial charge is 0.756 e. The smallest absolute Gasteiger partial charge is 0.306 e. The minimum Gasteiger partial charge on any atom is -0.756 e. The van der Waals surface area contributed by atoms with Crippen LogP contribution in [0.4, 0.5) is 0 Å². The summed E-state index contributed by atoms with van der Waals surface area (Å²) in [5.41, 5.74) is 0. The van der Waals surface area contributed by atoms with E-state index in [1.807, 2.05) is 21.1 Å². The van der Waals surface area contributed by atoms with Gasteiger partial charge >= 0.3 is 11.9 Å². The molecule has 0 aromatic rings. The molecule has 0 rings (SSSR count). The van der Waals surface area contributed by atoms with E-state index < -0.39 is 32.5 Å². The first-order valence-electron chi connectivity index (χ1n) is 24.8. The van der Waals surface area contributed by atoms with Gasteiger partial charge in [0.15, 0.2) is 6.10 Å². The number of carbonyl (C=O) groups is 2. The summed E-state index contributed by atoms with van der Waals surface area (Å²) in [5.74, 6) is -0.898. The van der Waals surface area contributed by atoms with Gasteiger partial charge in [0.25, 0.3) is 7.82 Å². The minimum absolute atomic E-state index is 0.0405. The second kappa shape index (κ2) is 43.2. The number of likely N-dealkylation sites (N-methyl/N-ethyl adjacent to an activating group) is 1. The van der Waals surface area contributed by atoms with Crippen molar-refractivity contribution in [2.24, 2.45) is 0 Å². The van der Waals surface area contributed by atoms with E-state index >= 15 is 0 Å². The maximum Gasteiger partial charge on any atom is 0.306 e. The van der Waals surface area contributed by atoms with Crippen LogP contribution < -0.4 is 4.89 Å². The zero-order valence-electron chi connectivity index (χ0n) is 40.1. The molecule has 0 aliphatic carbocycles. The molecule has 0 heterocycles. The highest BCUT2D eigenvalue weighted by Gasteiger charge is 2.21. The number of rotatable bonds is 45. The molecule has 0 radical (unpaired) electrons. The van der Waals surface area contributed by atoms with Crippen LogP contribution in [0, 0.1) is 0 Å². The average molecular weight is 880 g/mol. The topological polar surface area (TPSA) is 111 Å². The Labute approximate surface area is 375 Å². The molecule has 0 bridgehead atoms. The van der Waals surface area contributed by atoms with Crippen LogP contribution in [0.5, 0.6) is 0 Å². The van der Waals surface area contributed by atoms with E-state index in [1.54, 1.807) is 0 Å². The third-order valence-corrected chi connectivity index (χ3v) is 11.5. The van der Waals surface area contributed by atoms with Crippen molar-refractivity contribution in [3.63, 3.8) is 0 Å². The van der Waals surface area contributed by atoms with Crippen molar-refractivity contribution < 1.29 is 42.1 Å². The summed E-state index contributed by atoms with van der Waals surface area (Å²) in [6, 6.07) is 0. The van der Waals surface area contributed by atoms with Gasteiger partial charge in [0.2, 0.25) is 0 Å². The second-order valence-electron chi connectivity index (χ2n) is 17.8. The van der Waals surface area contributed by atoms with E-state index in [1.165, 1.54) is 103 Å². The SMILES string of the molecule is CCCC/C=C/C/C=C/CCCCCCCC(=O)O[C@@H](COC(=O)CCC/C=C/CC/C=C/CCCCCCCCCCCCCCCC)COP(=O)([O-])OCC[N+](C)(C)C. The summed E-state index contributed by atoms with van der Waals surface area (Å²) in [4.78, 5) is 37.6. The number of unbranched alkanes of at least 4 members (excludes halogenated alkanes) is 23. The first-order valence-corrected chi connectivity index (χ1v) is 26.3. The number of phosphoric ester groups is 1. The normalized spacial score (nSPS) is 13.9. The first-order chi connectivity index (χ1) is 29.5. The van der Waals surface area contributed by atoms with Crippen molar-refractivity contribution in [2.45, 2.75) is 219 Å². The number of ether oxygens (including phenoxy) is 2. The summed E-state index contributed by atoms with van der Waals surface area (Å²) in [6.45, 7) is 4.14. The zero-order chi connectivity index (χ0) is 45.0. The maximum atomic E-state index is 12.7. The molecule has 10 heteroatoms. The van der Waals surface area contributed by atoms with Gasteiger partial charge in [-0.15, -0.1) is 0 Å². The predicted octanol–water partition coefficient (Wildman–Crippen LogP) is 14.0. The van der Waals surface area contributed by atoms with Crippen LogP contribution >= 0.6 is 7.82 Å². The third-order valence-electron chi connectivity index (χ3n) is 10.5. The van der Waals surface area contributed by atoms with Crippen LogP contribution in [-0.2, 0) is 32.7 Å². The van der Waals surface area contributed by atoms with Crippen LogP contribution in [0.3, 0.4) is 0 Å². The molecule has 0 amide bonds. The summed E-state index contributed by atoms with van der Waals surface area (Å²) in [5, 5.41) is 0. The standard InChI is InChI=1S/C51H94NO8P/c1-6-8-10-12-14-16-18-20-22-23-24-25-26-27-28-29-30-32-33-35-37-39-41-43-50(53)57-47-49(48-59-61(55,56)58-46-45-52(3,4)5)60-51(54)44-42-40-38-36-34-31-21-19-17-15-13-11-9-7-2/h13,15,19,21,29-30,35,37,49H,6-12,14,16-18,20,22-28,31-34,36,38-48H2,1-5H3/b15-13+,21-19+,30-29+,37-35+/t49-/m0/s1. The van der Waals surface area contributed by atoms with Gasteiger partial charge < -0.3 is 27.9 Å². The minimum atomic E-state index is -4.64. The molecule has 0 aromatic heterocycles. The van der Waals surface area contributed by atoms with Crippen molar-refractivity contribution in [3.05, 3.63) is 48.6 Å². The molecular weight excluding hydrogens is 786 g/mol. The van der Waals surface area contributed by atoms with Gasteiger partial charge in [0.05, 0.1) is 27.7 Å². The van der Waals surface area contributed by atoms with Crippen LogP contribution in [-0.4, -0.2) is 70.0 Å². The zero-order valence-corrected chi connectivity index (χ0v) is 41.0. The van der Waals surface area contributed by atoms with E-state index in [0.717, 1.165) is 70.6 Å². The molecule has 2 atom stereocenters. The Morgan fingerprint density at radius 2 is 0.934 bits per heavy atom. The van der Waals surface area contributed by atoms with Crippen molar-refractivity contribution >= 4 is 19.8 Å². The van der Waals surface area contributed by atoms with Gasteiger partial charge in [-0.2, -0.15) is 0 Å². The Balaban J connectivity index is 4.29. The van der Waals surface area contributed by atoms with Gasteiger partial charge in [-0.25, -0.2) is 0 Å². The lowest BCUT2D eigenvalue weighted by Crippen LogP contribution is -2.37. The highest BCUT2D eigenvalue weighted by Crippen LogP contribution is 2.38. The van der Waals surface area contributed by atoms with Crippen LogP contribution in [0.1, 0.15) is 213 Å². The lowest BCUT2D eigenvalue weighted by Gasteiger charge is -2.28. The van der Waals surface area contributed by atoms with Crippen LogP contribution in [0.15, 0.2) is 48.6 Å². The Bertz CT molecular complexity index is 1180. The first kappa shape index (κ1) is 59.0. The summed E-state index contributed by atoms with van der Waals surface area (Å²) < 4.78 is 33.9. The highest BCUT2D eigenvalue weighted by molar-refractivity contribution is 7.45. The lowest BCUT2D eigenvalue weighted by atomic mass is 10.0. The number of carbonyl (C=O) groups excluding carboxylic acids is 2. The molecule has 0 aliphatic heterocycles. The van der Waals surface area contributed by atoms with Gasteiger partial charge in [-0.1, -0.05) is 178 Å². The monoisotopic (exact) mass is 880 g/mol. The molecule has 61 heavy (non-hydrogen) atoms. The van der Waals surface area contributed by atoms with Crippen molar-refractivity contribution in [2.75, 3.05) is 47.5 Å². The Morgan fingerprint density at radius 1 is 0.508 bits per heavy atom. The number of esters is 2. The Hall–Kier alpha value is -2.03. The molecule has 0 spiro atoms. The van der Waals surface area contributed by atoms with E-state index in [9.17, 15) is 19.0 Å².